The predicted octanol–water partition coefficient (Wildman–Crippen LogP) is 0.631. The topological polar surface area (TPSA) is 140 Å². The molecule has 0 unspecified atom stereocenters. The van der Waals surface area contributed by atoms with Crippen molar-refractivity contribution >= 4 is 23.6 Å². The number of aliphatic carboxylic acids is 1. The van der Waals surface area contributed by atoms with E-state index in [2.05, 4.69) is 12.2 Å². The average molecular weight is 398 g/mol. The second kappa shape index (κ2) is 11.6. The maximum atomic E-state index is 13.1. The van der Waals surface area contributed by atoms with Crippen LogP contribution in [0.4, 0.5) is 0 Å². The first kappa shape index (κ1) is 23.9. The zero-order valence-electron chi connectivity index (χ0n) is 17.2. The number of carbonyl (C=O) groups is 3. The maximum absolute atomic E-state index is 13.1. The number of amides is 1. The van der Waals surface area contributed by atoms with Crippen molar-refractivity contribution in [2.24, 2.45) is 11.7 Å². The van der Waals surface area contributed by atoms with Crippen LogP contribution in [0.25, 0.3) is 0 Å². The number of carboxylic acid groups (broad SMARTS) is 1. The summed E-state index contributed by atoms with van der Waals surface area (Å²) in [6.45, 7) is 7.77. The highest BCUT2D eigenvalue weighted by atomic mass is 16.4. The number of ketones is 1. The number of piperazine rings is 1. The van der Waals surface area contributed by atoms with E-state index < -0.39 is 18.1 Å². The fraction of sp³-hybridized carbons (Fsp3) is 0.789. The quantitative estimate of drug-likeness (QED) is 0.215. The molecular formula is C19H35N5O4. The molecular weight excluding hydrogens is 362 g/mol. The lowest BCUT2D eigenvalue weighted by Crippen LogP contribution is -2.61. The minimum atomic E-state index is -1.01. The SMILES string of the molecule is CCCCN1CCN([C@@H](CCCNC(=N)N)C(=O)C(C)C)C(=O)[C@@H]1CC(=O)O. The van der Waals surface area contributed by atoms with Crippen LogP contribution < -0.4 is 11.1 Å². The molecule has 9 heteroatoms. The number of rotatable bonds is 12. The van der Waals surface area contributed by atoms with E-state index in [4.69, 9.17) is 11.1 Å². The summed E-state index contributed by atoms with van der Waals surface area (Å²) in [5, 5.41) is 19.2. The van der Waals surface area contributed by atoms with Crippen LogP contribution in [-0.2, 0) is 14.4 Å². The van der Waals surface area contributed by atoms with Crippen LogP contribution in [0.15, 0.2) is 0 Å². The zero-order chi connectivity index (χ0) is 21.3. The lowest BCUT2D eigenvalue weighted by atomic mass is 9.94. The molecule has 1 amide bonds. The fourth-order valence-corrected chi connectivity index (χ4v) is 3.52. The monoisotopic (exact) mass is 397 g/mol. The number of Topliss-reactive ketones (excluding diaryl/α,β-unsaturated/α-hetero) is 1. The second-order valence-electron chi connectivity index (χ2n) is 7.59. The van der Waals surface area contributed by atoms with Gasteiger partial charge in [0.25, 0.3) is 0 Å². The largest absolute Gasteiger partial charge is 0.481 e. The molecule has 1 aliphatic heterocycles. The fourth-order valence-electron chi connectivity index (χ4n) is 3.52. The van der Waals surface area contributed by atoms with Crippen molar-refractivity contribution in [2.75, 3.05) is 26.2 Å². The van der Waals surface area contributed by atoms with Gasteiger partial charge >= 0.3 is 5.97 Å². The Balaban J connectivity index is 2.95. The first-order valence-corrected chi connectivity index (χ1v) is 10.1. The minimum absolute atomic E-state index is 0.0211. The number of hydrogen-bond acceptors (Lipinski definition) is 5. The molecule has 28 heavy (non-hydrogen) atoms. The Morgan fingerprint density at radius 3 is 2.54 bits per heavy atom. The molecule has 0 saturated carbocycles. The molecule has 160 valence electrons. The van der Waals surface area contributed by atoms with Gasteiger partial charge < -0.3 is 21.1 Å². The number of nitrogens with one attached hydrogen (secondary N) is 2. The van der Waals surface area contributed by atoms with Crippen molar-refractivity contribution < 1.29 is 19.5 Å². The van der Waals surface area contributed by atoms with Gasteiger partial charge in [0.2, 0.25) is 5.91 Å². The van der Waals surface area contributed by atoms with Crippen LogP contribution in [-0.4, -0.2) is 76.8 Å². The minimum Gasteiger partial charge on any atom is -0.481 e. The van der Waals surface area contributed by atoms with E-state index in [1.165, 1.54) is 0 Å². The third-order valence-corrected chi connectivity index (χ3v) is 5.05. The standard InChI is InChI=1S/C19H35N5O4/c1-4-5-9-23-10-11-24(18(28)15(23)12-16(25)26)14(17(27)13(2)3)7-6-8-22-19(20)21/h13-15H,4-12H2,1-3H3,(H,25,26)(H4,20,21,22)/t14-,15-/m0/s1. The highest BCUT2D eigenvalue weighted by molar-refractivity contribution is 5.93. The molecule has 0 bridgehead atoms. The molecule has 0 aromatic heterocycles. The number of guanidine groups is 1. The van der Waals surface area contributed by atoms with Gasteiger partial charge in [0.1, 0.15) is 0 Å². The van der Waals surface area contributed by atoms with Crippen LogP contribution in [0.1, 0.15) is 52.9 Å². The number of hydrogen-bond donors (Lipinski definition) is 4. The number of nitrogens with zero attached hydrogens (tertiary/aromatic N) is 2. The van der Waals surface area contributed by atoms with Gasteiger partial charge in [-0.1, -0.05) is 27.2 Å². The predicted molar refractivity (Wildman–Crippen MR) is 107 cm³/mol. The molecule has 1 rings (SSSR count). The summed E-state index contributed by atoms with van der Waals surface area (Å²) in [4.78, 5) is 40.8. The summed E-state index contributed by atoms with van der Waals surface area (Å²) >= 11 is 0. The molecule has 2 atom stereocenters. The lowest BCUT2D eigenvalue weighted by molar-refractivity contribution is -0.154. The molecule has 1 saturated heterocycles. The van der Waals surface area contributed by atoms with E-state index in [1.807, 2.05) is 4.90 Å². The number of carbonyl (C=O) groups excluding carboxylic acids is 2. The summed E-state index contributed by atoms with van der Waals surface area (Å²) in [6, 6.07) is -1.30. The second-order valence-corrected chi connectivity index (χ2v) is 7.59. The van der Waals surface area contributed by atoms with E-state index in [0.717, 1.165) is 12.8 Å². The summed E-state index contributed by atoms with van der Waals surface area (Å²) in [5.41, 5.74) is 5.28. The van der Waals surface area contributed by atoms with Crippen LogP contribution >= 0.6 is 0 Å². The van der Waals surface area contributed by atoms with Gasteiger partial charge in [-0.05, 0) is 25.8 Å². The van der Waals surface area contributed by atoms with Gasteiger partial charge in [-0.25, -0.2) is 0 Å². The molecule has 0 spiro atoms. The van der Waals surface area contributed by atoms with Crippen molar-refractivity contribution in [3.05, 3.63) is 0 Å². The maximum Gasteiger partial charge on any atom is 0.305 e. The third-order valence-electron chi connectivity index (χ3n) is 5.05. The Hall–Kier alpha value is -2.16. The third kappa shape index (κ3) is 7.10. The Bertz CT molecular complexity index is 567. The van der Waals surface area contributed by atoms with E-state index in [0.29, 0.717) is 39.0 Å². The summed E-state index contributed by atoms with van der Waals surface area (Å²) in [7, 11) is 0. The molecule has 0 aliphatic carbocycles. The molecule has 1 heterocycles. The molecule has 5 N–H and O–H groups in total. The van der Waals surface area contributed by atoms with Gasteiger partial charge in [0, 0.05) is 25.6 Å². The summed E-state index contributed by atoms with van der Waals surface area (Å²) in [5.74, 6) is -1.67. The van der Waals surface area contributed by atoms with Gasteiger partial charge in [0.15, 0.2) is 11.7 Å². The van der Waals surface area contributed by atoms with Gasteiger partial charge in [-0.2, -0.15) is 0 Å². The average Bonchev–Trinajstić information content (AvgIpc) is 2.62. The number of nitrogens with two attached hydrogens (primary N) is 1. The summed E-state index contributed by atoms with van der Waals surface area (Å²) < 4.78 is 0. The van der Waals surface area contributed by atoms with Crippen LogP contribution in [0.3, 0.4) is 0 Å². The van der Waals surface area contributed by atoms with Crippen molar-refractivity contribution in [2.45, 2.75) is 65.0 Å². The Morgan fingerprint density at radius 1 is 1.32 bits per heavy atom. The summed E-state index contributed by atoms with van der Waals surface area (Å²) in [6.07, 6.45) is 2.64. The van der Waals surface area contributed by atoms with E-state index in [-0.39, 0.29) is 30.0 Å². The first-order chi connectivity index (χ1) is 13.2. The lowest BCUT2D eigenvalue weighted by Gasteiger charge is -2.43. The molecule has 0 radical (unpaired) electrons. The smallest absolute Gasteiger partial charge is 0.305 e. The Kier molecular flexibility index (Phi) is 9.92. The van der Waals surface area contributed by atoms with Crippen LogP contribution in [0.5, 0.6) is 0 Å². The Labute approximate surface area is 167 Å². The van der Waals surface area contributed by atoms with E-state index in [9.17, 15) is 19.5 Å². The van der Waals surface area contributed by atoms with Gasteiger partial charge in [-0.3, -0.25) is 24.7 Å². The van der Waals surface area contributed by atoms with Crippen molar-refractivity contribution in [1.82, 2.24) is 15.1 Å². The van der Waals surface area contributed by atoms with Crippen molar-refractivity contribution in [3.63, 3.8) is 0 Å². The highest BCUT2D eigenvalue weighted by Crippen LogP contribution is 2.22. The molecule has 0 aromatic rings. The normalized spacial score (nSPS) is 18.9. The molecule has 0 aromatic carbocycles. The molecule has 1 fully saturated rings. The van der Waals surface area contributed by atoms with Gasteiger partial charge in [0.05, 0.1) is 18.5 Å². The zero-order valence-corrected chi connectivity index (χ0v) is 17.2. The molecule has 9 nitrogen and oxygen atoms in total. The van der Waals surface area contributed by atoms with Crippen molar-refractivity contribution in [3.8, 4) is 0 Å². The van der Waals surface area contributed by atoms with E-state index >= 15 is 0 Å². The molecule has 1 aliphatic rings. The van der Waals surface area contributed by atoms with E-state index in [1.54, 1.807) is 18.7 Å². The van der Waals surface area contributed by atoms with Crippen LogP contribution in [0.2, 0.25) is 0 Å². The Morgan fingerprint density at radius 2 is 2.00 bits per heavy atom. The highest BCUT2D eigenvalue weighted by Gasteiger charge is 2.40. The number of unbranched alkanes of at least 4 members (excludes halogenated alkanes) is 1. The van der Waals surface area contributed by atoms with Gasteiger partial charge in [-0.15, -0.1) is 0 Å². The van der Waals surface area contributed by atoms with Crippen LogP contribution in [0, 0.1) is 11.3 Å². The first-order valence-electron chi connectivity index (χ1n) is 10.1. The van der Waals surface area contributed by atoms with Crippen molar-refractivity contribution in [1.29, 1.82) is 5.41 Å². The number of carboxylic acids is 1.